The molecule has 0 aliphatic rings. The molecule has 0 saturated heterocycles. The van der Waals surface area contributed by atoms with Gasteiger partial charge >= 0.3 is 0 Å². The van der Waals surface area contributed by atoms with Gasteiger partial charge in [-0.3, -0.25) is 4.90 Å². The molecule has 2 unspecified atom stereocenters. The monoisotopic (exact) mass is 292 g/mol. The third kappa shape index (κ3) is 5.10. The first kappa shape index (κ1) is 18.1. The molecule has 0 spiro atoms. The van der Waals surface area contributed by atoms with Crippen LogP contribution in [0.2, 0.25) is 0 Å². The third-order valence-electron chi connectivity index (χ3n) is 4.14. The highest BCUT2D eigenvalue weighted by molar-refractivity contribution is 5.39. The smallest absolute Gasteiger partial charge is 0.0922 e. The molecule has 0 bridgehead atoms. The standard InChI is InChI=1S/C18H32N2O/c1-8-20(16(5)11-19(6)7)12-17(21)18-14(3)9-13(2)10-15(18)4/h9-10,16-17,21H,8,11-12H2,1-7H3. The van der Waals surface area contributed by atoms with Crippen LogP contribution >= 0.6 is 0 Å². The van der Waals surface area contributed by atoms with Gasteiger partial charge in [-0.05, 0) is 65.0 Å². The maximum absolute atomic E-state index is 10.7. The summed E-state index contributed by atoms with van der Waals surface area (Å²) in [6, 6.07) is 4.75. The zero-order chi connectivity index (χ0) is 16.2. The second-order valence-electron chi connectivity index (χ2n) is 6.53. The molecular formula is C18H32N2O. The van der Waals surface area contributed by atoms with Crippen molar-refractivity contribution in [3.63, 3.8) is 0 Å². The topological polar surface area (TPSA) is 26.7 Å². The Labute approximate surface area is 130 Å². The number of likely N-dealkylation sites (N-methyl/N-ethyl adjacent to an activating group) is 2. The summed E-state index contributed by atoms with van der Waals surface area (Å²) < 4.78 is 0. The number of hydrogen-bond acceptors (Lipinski definition) is 3. The molecule has 0 fully saturated rings. The van der Waals surface area contributed by atoms with Gasteiger partial charge < -0.3 is 10.0 Å². The van der Waals surface area contributed by atoms with Crippen LogP contribution in [0.25, 0.3) is 0 Å². The number of rotatable bonds is 7. The normalized spacial score (nSPS) is 14.8. The Bertz CT molecular complexity index is 434. The van der Waals surface area contributed by atoms with Crippen LogP contribution in [0.1, 0.15) is 42.2 Å². The molecule has 0 saturated carbocycles. The fourth-order valence-corrected chi connectivity index (χ4v) is 3.29. The molecule has 0 aromatic heterocycles. The predicted molar refractivity (Wildman–Crippen MR) is 90.9 cm³/mol. The summed E-state index contributed by atoms with van der Waals surface area (Å²) in [6.07, 6.45) is -0.421. The van der Waals surface area contributed by atoms with Gasteiger partial charge in [0.2, 0.25) is 0 Å². The summed E-state index contributed by atoms with van der Waals surface area (Å²) in [5.41, 5.74) is 4.73. The van der Waals surface area contributed by atoms with Gasteiger partial charge in [-0.1, -0.05) is 24.6 Å². The molecular weight excluding hydrogens is 260 g/mol. The summed E-state index contributed by atoms with van der Waals surface area (Å²) in [4.78, 5) is 4.55. The van der Waals surface area contributed by atoms with Gasteiger partial charge in [-0.25, -0.2) is 0 Å². The third-order valence-corrected chi connectivity index (χ3v) is 4.14. The molecule has 2 atom stereocenters. The highest BCUT2D eigenvalue weighted by Crippen LogP contribution is 2.24. The summed E-state index contributed by atoms with van der Waals surface area (Å²) in [5, 5.41) is 10.7. The molecule has 21 heavy (non-hydrogen) atoms. The van der Waals surface area contributed by atoms with Crippen LogP contribution in [0.4, 0.5) is 0 Å². The van der Waals surface area contributed by atoms with E-state index in [1.807, 2.05) is 0 Å². The first-order chi connectivity index (χ1) is 9.76. The Morgan fingerprint density at radius 2 is 1.57 bits per heavy atom. The molecule has 3 nitrogen and oxygen atoms in total. The van der Waals surface area contributed by atoms with Crippen LogP contribution in [0.5, 0.6) is 0 Å². The fraction of sp³-hybridized carbons (Fsp3) is 0.667. The number of aryl methyl sites for hydroxylation is 3. The molecule has 0 aliphatic heterocycles. The zero-order valence-electron chi connectivity index (χ0n) is 14.8. The zero-order valence-corrected chi connectivity index (χ0v) is 14.8. The van der Waals surface area contributed by atoms with Gasteiger partial charge in [-0.15, -0.1) is 0 Å². The van der Waals surface area contributed by atoms with Gasteiger partial charge in [0.05, 0.1) is 6.10 Å². The maximum atomic E-state index is 10.7. The quantitative estimate of drug-likeness (QED) is 0.837. The van der Waals surface area contributed by atoms with Crippen molar-refractivity contribution in [2.24, 2.45) is 0 Å². The lowest BCUT2D eigenvalue weighted by atomic mass is 9.95. The molecule has 120 valence electrons. The lowest BCUT2D eigenvalue weighted by Crippen LogP contribution is -2.42. The second kappa shape index (κ2) is 7.92. The Kier molecular flexibility index (Phi) is 6.85. The Morgan fingerprint density at radius 1 is 1.05 bits per heavy atom. The molecule has 0 heterocycles. The number of nitrogens with zero attached hydrogens (tertiary/aromatic N) is 2. The number of aliphatic hydroxyl groups is 1. The minimum atomic E-state index is -0.421. The number of hydrogen-bond donors (Lipinski definition) is 1. The van der Waals surface area contributed by atoms with E-state index in [1.54, 1.807) is 0 Å². The van der Waals surface area contributed by atoms with E-state index in [0.29, 0.717) is 12.6 Å². The Balaban J connectivity index is 2.86. The van der Waals surface area contributed by atoms with E-state index in [0.717, 1.165) is 18.7 Å². The lowest BCUT2D eigenvalue weighted by molar-refractivity contribution is 0.0851. The van der Waals surface area contributed by atoms with Crippen LogP contribution in [0.15, 0.2) is 12.1 Å². The van der Waals surface area contributed by atoms with E-state index in [9.17, 15) is 5.11 Å². The number of benzene rings is 1. The average Bonchev–Trinajstić information content (AvgIpc) is 2.33. The molecule has 1 aromatic rings. The van der Waals surface area contributed by atoms with Crippen molar-refractivity contribution in [1.82, 2.24) is 9.80 Å². The lowest BCUT2D eigenvalue weighted by Gasteiger charge is -2.32. The van der Waals surface area contributed by atoms with E-state index in [1.165, 1.54) is 16.7 Å². The van der Waals surface area contributed by atoms with Gasteiger partial charge in [0, 0.05) is 19.1 Å². The predicted octanol–water partition coefficient (Wildman–Crippen LogP) is 2.92. The van der Waals surface area contributed by atoms with Crippen LogP contribution in [0.3, 0.4) is 0 Å². The van der Waals surface area contributed by atoms with Crippen molar-refractivity contribution in [2.75, 3.05) is 33.7 Å². The van der Waals surface area contributed by atoms with E-state index in [4.69, 9.17) is 0 Å². The van der Waals surface area contributed by atoms with E-state index < -0.39 is 6.10 Å². The van der Waals surface area contributed by atoms with Crippen LogP contribution in [0, 0.1) is 20.8 Å². The van der Waals surface area contributed by atoms with Crippen molar-refractivity contribution < 1.29 is 5.11 Å². The molecule has 1 rings (SSSR count). The summed E-state index contributed by atoms with van der Waals surface area (Å²) in [7, 11) is 4.18. The molecule has 1 N–H and O–H groups in total. The molecule has 3 heteroatoms. The average molecular weight is 292 g/mol. The molecule has 0 radical (unpaired) electrons. The Morgan fingerprint density at radius 3 is 2.00 bits per heavy atom. The maximum Gasteiger partial charge on any atom is 0.0922 e. The van der Waals surface area contributed by atoms with Crippen molar-refractivity contribution in [3.05, 3.63) is 34.4 Å². The second-order valence-corrected chi connectivity index (χ2v) is 6.53. The highest BCUT2D eigenvalue weighted by Gasteiger charge is 2.20. The minimum Gasteiger partial charge on any atom is -0.387 e. The molecule has 0 amide bonds. The van der Waals surface area contributed by atoms with Gasteiger partial charge in [0.15, 0.2) is 0 Å². The van der Waals surface area contributed by atoms with Crippen molar-refractivity contribution in [3.8, 4) is 0 Å². The molecule has 1 aromatic carbocycles. The fourth-order valence-electron chi connectivity index (χ4n) is 3.29. The van der Waals surface area contributed by atoms with Gasteiger partial charge in [-0.2, -0.15) is 0 Å². The first-order valence-electron chi connectivity index (χ1n) is 7.90. The van der Waals surface area contributed by atoms with Gasteiger partial charge in [0.1, 0.15) is 0 Å². The largest absolute Gasteiger partial charge is 0.387 e. The first-order valence-corrected chi connectivity index (χ1v) is 7.90. The van der Waals surface area contributed by atoms with Crippen LogP contribution < -0.4 is 0 Å². The summed E-state index contributed by atoms with van der Waals surface area (Å²) in [5.74, 6) is 0. The van der Waals surface area contributed by atoms with Gasteiger partial charge in [0.25, 0.3) is 0 Å². The van der Waals surface area contributed by atoms with E-state index in [2.05, 4.69) is 70.6 Å². The van der Waals surface area contributed by atoms with E-state index in [-0.39, 0.29) is 0 Å². The number of aliphatic hydroxyl groups excluding tert-OH is 1. The SMILES string of the molecule is CCN(CC(O)c1c(C)cc(C)cc1C)C(C)CN(C)C. The minimum absolute atomic E-state index is 0.421. The summed E-state index contributed by atoms with van der Waals surface area (Å²) in [6.45, 7) is 13.3. The van der Waals surface area contributed by atoms with Crippen molar-refractivity contribution in [1.29, 1.82) is 0 Å². The van der Waals surface area contributed by atoms with Crippen LogP contribution in [-0.2, 0) is 0 Å². The highest BCUT2D eigenvalue weighted by atomic mass is 16.3. The van der Waals surface area contributed by atoms with Crippen molar-refractivity contribution in [2.45, 2.75) is 46.8 Å². The van der Waals surface area contributed by atoms with Crippen LogP contribution in [-0.4, -0.2) is 54.7 Å². The Hall–Kier alpha value is -0.900. The molecule has 0 aliphatic carbocycles. The summed E-state index contributed by atoms with van der Waals surface area (Å²) >= 11 is 0. The van der Waals surface area contributed by atoms with Crippen molar-refractivity contribution >= 4 is 0 Å². The van der Waals surface area contributed by atoms with E-state index >= 15 is 0 Å².